The fourth-order valence-electron chi connectivity index (χ4n) is 3.35. The number of benzene rings is 1. The number of hydrogen-bond donors (Lipinski definition) is 1. The van der Waals surface area contributed by atoms with Crippen LogP contribution in [-0.4, -0.2) is 61.5 Å². The first-order valence-electron chi connectivity index (χ1n) is 8.09. The molecule has 3 rings (SSSR count). The Hall–Kier alpha value is -1.39. The molecule has 2 aliphatic rings. The Morgan fingerprint density at radius 1 is 1.05 bits per heavy atom. The molecular weight excluding hydrogens is 262 g/mol. The Balaban J connectivity index is 1.47. The van der Waals surface area contributed by atoms with E-state index < -0.39 is 0 Å². The van der Waals surface area contributed by atoms with Gasteiger partial charge in [0.1, 0.15) is 0 Å². The molecule has 0 atom stereocenters. The maximum atomic E-state index is 12.4. The van der Waals surface area contributed by atoms with Crippen molar-refractivity contribution in [3.63, 3.8) is 0 Å². The Morgan fingerprint density at radius 3 is 2.38 bits per heavy atom. The van der Waals surface area contributed by atoms with E-state index in [9.17, 15) is 4.79 Å². The summed E-state index contributed by atoms with van der Waals surface area (Å²) in [6.07, 6.45) is 2.19. The molecule has 0 unspecified atom stereocenters. The molecule has 0 aliphatic carbocycles. The third-order valence-electron chi connectivity index (χ3n) is 4.69. The molecule has 4 nitrogen and oxygen atoms in total. The van der Waals surface area contributed by atoms with Crippen molar-refractivity contribution in [3.05, 3.63) is 35.9 Å². The van der Waals surface area contributed by atoms with Crippen molar-refractivity contribution in [2.75, 3.05) is 45.8 Å². The van der Waals surface area contributed by atoms with E-state index in [0.29, 0.717) is 18.4 Å². The van der Waals surface area contributed by atoms with E-state index in [0.717, 1.165) is 52.1 Å². The number of nitrogens with zero attached hydrogens (tertiary/aromatic N) is 2. The van der Waals surface area contributed by atoms with Crippen LogP contribution in [0.1, 0.15) is 24.3 Å². The summed E-state index contributed by atoms with van der Waals surface area (Å²) in [4.78, 5) is 16.7. The lowest BCUT2D eigenvalue weighted by atomic mass is 9.89. The van der Waals surface area contributed by atoms with Gasteiger partial charge in [0.25, 0.3) is 0 Å². The van der Waals surface area contributed by atoms with Gasteiger partial charge in [-0.3, -0.25) is 9.69 Å². The number of carbonyl (C=O) groups excluding carboxylic acids is 1. The zero-order valence-corrected chi connectivity index (χ0v) is 12.6. The number of piperidine rings is 1. The fourth-order valence-corrected chi connectivity index (χ4v) is 3.35. The number of likely N-dealkylation sites (tertiary alicyclic amines) is 1. The molecule has 0 bridgehead atoms. The van der Waals surface area contributed by atoms with E-state index in [1.807, 2.05) is 0 Å². The van der Waals surface area contributed by atoms with Crippen LogP contribution in [0.3, 0.4) is 0 Å². The van der Waals surface area contributed by atoms with Gasteiger partial charge in [-0.25, -0.2) is 0 Å². The molecule has 1 N–H and O–H groups in total. The summed E-state index contributed by atoms with van der Waals surface area (Å²) in [5, 5.41) is 3.32. The van der Waals surface area contributed by atoms with E-state index in [-0.39, 0.29) is 0 Å². The van der Waals surface area contributed by atoms with E-state index in [1.54, 1.807) is 0 Å². The van der Waals surface area contributed by atoms with Crippen LogP contribution in [0, 0.1) is 0 Å². The molecule has 2 fully saturated rings. The molecule has 2 saturated heterocycles. The third-order valence-corrected chi connectivity index (χ3v) is 4.69. The normalized spacial score (nSPS) is 21.4. The zero-order chi connectivity index (χ0) is 14.5. The van der Waals surface area contributed by atoms with Gasteiger partial charge in [-0.2, -0.15) is 0 Å². The number of carbonyl (C=O) groups is 1. The fraction of sp³-hybridized carbons (Fsp3) is 0.588. The lowest BCUT2D eigenvalue weighted by Crippen LogP contribution is -2.49. The molecule has 0 radical (unpaired) electrons. The molecule has 0 spiro atoms. The average molecular weight is 287 g/mol. The van der Waals surface area contributed by atoms with Crippen molar-refractivity contribution < 1.29 is 4.79 Å². The lowest BCUT2D eigenvalue weighted by Gasteiger charge is -2.34. The molecule has 0 aromatic heterocycles. The van der Waals surface area contributed by atoms with Crippen LogP contribution < -0.4 is 5.32 Å². The largest absolute Gasteiger partial charge is 0.342 e. The SMILES string of the molecule is O=C(CN1CCNCC1)N1CCC(c2ccccc2)CC1. The van der Waals surface area contributed by atoms with Crippen LogP contribution in [0.4, 0.5) is 0 Å². The summed E-state index contributed by atoms with van der Waals surface area (Å²) in [7, 11) is 0. The molecule has 1 aromatic rings. The molecule has 1 amide bonds. The lowest BCUT2D eigenvalue weighted by molar-refractivity contribution is -0.133. The maximum Gasteiger partial charge on any atom is 0.236 e. The second kappa shape index (κ2) is 7.05. The molecule has 0 saturated carbocycles. The van der Waals surface area contributed by atoms with Crippen LogP contribution in [-0.2, 0) is 4.79 Å². The highest BCUT2D eigenvalue weighted by atomic mass is 16.2. The number of hydrogen-bond acceptors (Lipinski definition) is 3. The number of piperazine rings is 1. The first kappa shape index (κ1) is 14.5. The topological polar surface area (TPSA) is 35.6 Å². The predicted octanol–water partition coefficient (Wildman–Crippen LogP) is 1.30. The first-order chi connectivity index (χ1) is 10.3. The Labute approximate surface area is 127 Å². The van der Waals surface area contributed by atoms with Gasteiger partial charge in [-0.05, 0) is 24.3 Å². The van der Waals surface area contributed by atoms with Crippen LogP contribution in [0.15, 0.2) is 30.3 Å². The van der Waals surface area contributed by atoms with Gasteiger partial charge in [-0.15, -0.1) is 0 Å². The molecule has 21 heavy (non-hydrogen) atoms. The van der Waals surface area contributed by atoms with Gasteiger partial charge in [-0.1, -0.05) is 30.3 Å². The van der Waals surface area contributed by atoms with Gasteiger partial charge in [0.05, 0.1) is 6.54 Å². The molecule has 4 heteroatoms. The van der Waals surface area contributed by atoms with Crippen molar-refractivity contribution in [3.8, 4) is 0 Å². The van der Waals surface area contributed by atoms with Gasteiger partial charge in [0.2, 0.25) is 5.91 Å². The second-order valence-corrected chi connectivity index (χ2v) is 6.09. The highest BCUT2D eigenvalue weighted by molar-refractivity contribution is 5.78. The highest BCUT2D eigenvalue weighted by Gasteiger charge is 2.25. The molecule has 1 aromatic carbocycles. The molecule has 2 heterocycles. The maximum absolute atomic E-state index is 12.4. The standard InChI is InChI=1S/C17H25N3O/c21-17(14-19-12-8-18-9-13-19)20-10-6-16(7-11-20)15-4-2-1-3-5-15/h1-5,16,18H,6-14H2. The molecular formula is C17H25N3O. The minimum Gasteiger partial charge on any atom is -0.342 e. The van der Waals surface area contributed by atoms with Crippen molar-refractivity contribution in [2.45, 2.75) is 18.8 Å². The summed E-state index contributed by atoms with van der Waals surface area (Å²) in [5.41, 5.74) is 1.42. The van der Waals surface area contributed by atoms with E-state index >= 15 is 0 Å². The third kappa shape index (κ3) is 3.83. The van der Waals surface area contributed by atoms with Crippen LogP contribution in [0.5, 0.6) is 0 Å². The first-order valence-corrected chi connectivity index (χ1v) is 8.09. The summed E-state index contributed by atoms with van der Waals surface area (Å²) >= 11 is 0. The van der Waals surface area contributed by atoms with Crippen molar-refractivity contribution in [1.29, 1.82) is 0 Å². The summed E-state index contributed by atoms with van der Waals surface area (Å²) < 4.78 is 0. The highest BCUT2D eigenvalue weighted by Crippen LogP contribution is 2.27. The number of rotatable bonds is 3. The molecule has 114 valence electrons. The van der Waals surface area contributed by atoms with Crippen molar-refractivity contribution >= 4 is 5.91 Å². The smallest absolute Gasteiger partial charge is 0.236 e. The van der Waals surface area contributed by atoms with Gasteiger partial charge in [0, 0.05) is 39.3 Å². The van der Waals surface area contributed by atoms with Crippen LogP contribution >= 0.6 is 0 Å². The van der Waals surface area contributed by atoms with Crippen molar-refractivity contribution in [1.82, 2.24) is 15.1 Å². The van der Waals surface area contributed by atoms with Crippen LogP contribution in [0.2, 0.25) is 0 Å². The van der Waals surface area contributed by atoms with Gasteiger partial charge < -0.3 is 10.2 Å². The number of amides is 1. The summed E-state index contributed by atoms with van der Waals surface area (Å²) in [5.74, 6) is 0.929. The van der Waals surface area contributed by atoms with E-state index in [4.69, 9.17) is 0 Å². The van der Waals surface area contributed by atoms with E-state index in [2.05, 4.69) is 45.4 Å². The number of nitrogens with one attached hydrogen (secondary N) is 1. The Bertz CT molecular complexity index is 448. The van der Waals surface area contributed by atoms with Gasteiger partial charge >= 0.3 is 0 Å². The summed E-state index contributed by atoms with van der Waals surface area (Å²) in [6, 6.07) is 10.7. The van der Waals surface area contributed by atoms with Crippen LogP contribution in [0.25, 0.3) is 0 Å². The Morgan fingerprint density at radius 2 is 1.71 bits per heavy atom. The van der Waals surface area contributed by atoms with Gasteiger partial charge in [0.15, 0.2) is 0 Å². The zero-order valence-electron chi connectivity index (χ0n) is 12.6. The summed E-state index contributed by atoms with van der Waals surface area (Å²) in [6.45, 7) is 6.40. The monoisotopic (exact) mass is 287 g/mol. The average Bonchev–Trinajstić information content (AvgIpc) is 2.57. The van der Waals surface area contributed by atoms with Crippen molar-refractivity contribution in [2.24, 2.45) is 0 Å². The quantitative estimate of drug-likeness (QED) is 0.910. The minimum atomic E-state index is 0.309. The van der Waals surface area contributed by atoms with E-state index in [1.165, 1.54) is 5.56 Å². The Kier molecular flexibility index (Phi) is 4.88. The second-order valence-electron chi connectivity index (χ2n) is 6.09. The minimum absolute atomic E-state index is 0.309. The predicted molar refractivity (Wildman–Crippen MR) is 84.3 cm³/mol. The molecule has 2 aliphatic heterocycles.